The van der Waals surface area contributed by atoms with Crippen molar-refractivity contribution in [2.24, 2.45) is 4.99 Å². The van der Waals surface area contributed by atoms with Gasteiger partial charge in [0, 0.05) is 30.0 Å². The highest BCUT2D eigenvalue weighted by atomic mass is 16.6. The first-order valence-electron chi connectivity index (χ1n) is 6.84. The molecule has 6 heteroatoms. The number of non-ortho nitro benzene ring substituents is 1. The SMILES string of the molecule is CCCOc1ccc(C=Nc2cccc([N+](=O)[O-])c2)c(O)c1. The van der Waals surface area contributed by atoms with E-state index in [-0.39, 0.29) is 11.4 Å². The van der Waals surface area contributed by atoms with Crippen molar-refractivity contribution >= 4 is 17.6 Å². The Morgan fingerprint density at radius 3 is 2.82 bits per heavy atom. The van der Waals surface area contributed by atoms with Crippen molar-refractivity contribution in [3.05, 3.63) is 58.1 Å². The fraction of sp³-hybridized carbons (Fsp3) is 0.188. The van der Waals surface area contributed by atoms with E-state index in [2.05, 4.69) is 4.99 Å². The number of rotatable bonds is 6. The molecule has 0 aliphatic rings. The number of aromatic hydroxyl groups is 1. The minimum Gasteiger partial charge on any atom is -0.507 e. The molecule has 0 fully saturated rings. The molecule has 0 aromatic heterocycles. The van der Waals surface area contributed by atoms with Gasteiger partial charge < -0.3 is 9.84 Å². The molecular formula is C16H16N2O4. The smallest absolute Gasteiger partial charge is 0.271 e. The van der Waals surface area contributed by atoms with Crippen LogP contribution in [0.15, 0.2) is 47.5 Å². The summed E-state index contributed by atoms with van der Waals surface area (Å²) in [4.78, 5) is 14.4. The maximum Gasteiger partial charge on any atom is 0.271 e. The maximum absolute atomic E-state index is 10.7. The highest BCUT2D eigenvalue weighted by molar-refractivity contribution is 5.85. The van der Waals surface area contributed by atoms with E-state index in [1.54, 1.807) is 24.3 Å². The molecule has 6 nitrogen and oxygen atoms in total. The van der Waals surface area contributed by atoms with Gasteiger partial charge in [0.05, 0.1) is 17.2 Å². The van der Waals surface area contributed by atoms with Crippen molar-refractivity contribution < 1.29 is 14.8 Å². The largest absolute Gasteiger partial charge is 0.507 e. The molecule has 0 atom stereocenters. The van der Waals surface area contributed by atoms with Crippen molar-refractivity contribution in [3.8, 4) is 11.5 Å². The van der Waals surface area contributed by atoms with Gasteiger partial charge in [0.15, 0.2) is 0 Å². The van der Waals surface area contributed by atoms with Gasteiger partial charge in [-0.05, 0) is 24.6 Å². The number of aliphatic imine (C=N–C) groups is 1. The summed E-state index contributed by atoms with van der Waals surface area (Å²) in [7, 11) is 0. The molecule has 1 N–H and O–H groups in total. The Labute approximate surface area is 127 Å². The van der Waals surface area contributed by atoms with E-state index in [9.17, 15) is 15.2 Å². The van der Waals surface area contributed by atoms with Crippen molar-refractivity contribution in [1.82, 2.24) is 0 Å². The third-order valence-electron chi connectivity index (χ3n) is 2.87. The predicted octanol–water partition coefficient (Wildman–Crippen LogP) is 3.84. The first-order valence-corrected chi connectivity index (χ1v) is 6.84. The zero-order valence-corrected chi connectivity index (χ0v) is 12.1. The fourth-order valence-corrected chi connectivity index (χ4v) is 1.77. The molecule has 0 bridgehead atoms. The summed E-state index contributed by atoms with van der Waals surface area (Å²) >= 11 is 0. The summed E-state index contributed by atoms with van der Waals surface area (Å²) in [6, 6.07) is 10.9. The quantitative estimate of drug-likeness (QED) is 0.499. The maximum atomic E-state index is 10.7. The third-order valence-corrected chi connectivity index (χ3v) is 2.87. The Hall–Kier alpha value is -2.89. The van der Waals surface area contributed by atoms with E-state index in [1.165, 1.54) is 24.4 Å². The first kappa shape index (κ1) is 15.5. The number of benzene rings is 2. The van der Waals surface area contributed by atoms with Crippen LogP contribution in [0.25, 0.3) is 0 Å². The Bertz CT molecular complexity index is 698. The monoisotopic (exact) mass is 300 g/mol. The molecule has 0 radical (unpaired) electrons. The van der Waals surface area contributed by atoms with Gasteiger partial charge >= 0.3 is 0 Å². The van der Waals surface area contributed by atoms with Gasteiger partial charge in [0.25, 0.3) is 5.69 Å². The molecule has 0 spiro atoms. The van der Waals surface area contributed by atoms with Crippen molar-refractivity contribution in [2.75, 3.05) is 6.61 Å². The molecule has 2 aromatic carbocycles. The van der Waals surface area contributed by atoms with Gasteiger partial charge in [0.1, 0.15) is 11.5 Å². The van der Waals surface area contributed by atoms with Crippen molar-refractivity contribution in [1.29, 1.82) is 0 Å². The molecular weight excluding hydrogens is 284 g/mol. The minimum atomic E-state index is -0.476. The number of phenols is 1. The Balaban J connectivity index is 2.16. The van der Waals surface area contributed by atoms with Gasteiger partial charge in [-0.1, -0.05) is 13.0 Å². The molecule has 22 heavy (non-hydrogen) atoms. The van der Waals surface area contributed by atoms with E-state index >= 15 is 0 Å². The molecule has 2 rings (SSSR count). The molecule has 0 amide bonds. The lowest BCUT2D eigenvalue weighted by Gasteiger charge is -2.06. The highest BCUT2D eigenvalue weighted by Crippen LogP contribution is 2.24. The Morgan fingerprint density at radius 1 is 1.32 bits per heavy atom. The van der Waals surface area contributed by atoms with Crippen LogP contribution in [0.2, 0.25) is 0 Å². The van der Waals surface area contributed by atoms with E-state index < -0.39 is 4.92 Å². The minimum absolute atomic E-state index is 0.0258. The molecule has 0 saturated heterocycles. The standard InChI is InChI=1S/C16H16N2O4/c1-2-8-22-15-7-6-12(16(19)10-15)11-17-13-4-3-5-14(9-13)18(20)21/h3-7,9-11,19H,2,8H2,1H3. The second kappa shape index (κ2) is 7.21. The number of phenolic OH excluding ortho intramolecular Hbond substituents is 1. The van der Waals surface area contributed by atoms with Gasteiger partial charge in [-0.3, -0.25) is 15.1 Å². The van der Waals surface area contributed by atoms with E-state index in [0.29, 0.717) is 23.6 Å². The lowest BCUT2D eigenvalue weighted by Crippen LogP contribution is -1.95. The molecule has 0 unspecified atom stereocenters. The summed E-state index contributed by atoms with van der Waals surface area (Å²) < 4.78 is 5.42. The lowest BCUT2D eigenvalue weighted by molar-refractivity contribution is -0.384. The van der Waals surface area contributed by atoms with Crippen LogP contribution in [0.4, 0.5) is 11.4 Å². The zero-order valence-electron chi connectivity index (χ0n) is 12.1. The van der Waals surface area contributed by atoms with Gasteiger partial charge in [-0.15, -0.1) is 0 Å². The summed E-state index contributed by atoms with van der Waals surface area (Å²) in [6.45, 7) is 2.58. The Kier molecular flexibility index (Phi) is 5.08. The van der Waals surface area contributed by atoms with Crippen LogP contribution in [-0.2, 0) is 0 Å². The second-order valence-electron chi connectivity index (χ2n) is 4.60. The molecule has 114 valence electrons. The van der Waals surface area contributed by atoms with Gasteiger partial charge in [0.2, 0.25) is 0 Å². The normalized spacial score (nSPS) is 10.8. The summed E-state index contributed by atoms with van der Waals surface area (Å²) in [5.41, 5.74) is 0.928. The van der Waals surface area contributed by atoms with Crippen LogP contribution in [-0.4, -0.2) is 22.9 Å². The van der Waals surface area contributed by atoms with E-state index in [0.717, 1.165) is 6.42 Å². The van der Waals surface area contributed by atoms with Crippen LogP contribution in [0.5, 0.6) is 11.5 Å². The van der Waals surface area contributed by atoms with Crippen molar-refractivity contribution in [2.45, 2.75) is 13.3 Å². The van der Waals surface area contributed by atoms with Crippen molar-refractivity contribution in [3.63, 3.8) is 0 Å². The number of ether oxygens (including phenoxy) is 1. The van der Waals surface area contributed by atoms with Crippen LogP contribution < -0.4 is 4.74 Å². The topological polar surface area (TPSA) is 85.0 Å². The summed E-state index contributed by atoms with van der Waals surface area (Å²) in [5.74, 6) is 0.634. The fourth-order valence-electron chi connectivity index (χ4n) is 1.77. The van der Waals surface area contributed by atoms with Crippen LogP contribution >= 0.6 is 0 Å². The number of hydrogen-bond donors (Lipinski definition) is 1. The summed E-state index contributed by atoms with van der Waals surface area (Å²) in [5, 5.41) is 20.6. The predicted molar refractivity (Wildman–Crippen MR) is 84.2 cm³/mol. The molecule has 0 aliphatic carbocycles. The van der Waals surface area contributed by atoms with Crippen LogP contribution in [0.1, 0.15) is 18.9 Å². The molecule has 0 aliphatic heterocycles. The van der Waals surface area contributed by atoms with Gasteiger partial charge in [-0.2, -0.15) is 0 Å². The average Bonchev–Trinajstić information content (AvgIpc) is 2.52. The number of nitro benzene ring substituents is 1. The number of nitro groups is 1. The lowest BCUT2D eigenvalue weighted by atomic mass is 10.2. The summed E-state index contributed by atoms with van der Waals surface area (Å²) in [6.07, 6.45) is 2.34. The molecule has 0 heterocycles. The number of nitrogens with zero attached hydrogens (tertiary/aromatic N) is 2. The van der Waals surface area contributed by atoms with Crippen LogP contribution in [0.3, 0.4) is 0 Å². The Morgan fingerprint density at radius 2 is 2.14 bits per heavy atom. The van der Waals surface area contributed by atoms with Crippen LogP contribution in [0, 0.1) is 10.1 Å². The third kappa shape index (κ3) is 4.05. The molecule has 2 aromatic rings. The van der Waals surface area contributed by atoms with Gasteiger partial charge in [-0.25, -0.2) is 0 Å². The average molecular weight is 300 g/mol. The first-order chi connectivity index (χ1) is 10.6. The zero-order chi connectivity index (χ0) is 15.9. The molecule has 0 saturated carbocycles. The van der Waals surface area contributed by atoms with E-state index in [4.69, 9.17) is 4.74 Å². The van der Waals surface area contributed by atoms with E-state index in [1.807, 2.05) is 6.92 Å². The number of hydrogen-bond acceptors (Lipinski definition) is 5. The second-order valence-corrected chi connectivity index (χ2v) is 4.60. The highest BCUT2D eigenvalue weighted by Gasteiger charge is 2.05.